The first-order chi connectivity index (χ1) is 8.20. The Morgan fingerprint density at radius 3 is 2.50 bits per heavy atom. The molecule has 1 atom stereocenters. The third kappa shape index (κ3) is 3.90. The lowest BCUT2D eigenvalue weighted by Gasteiger charge is -2.15. The molecule has 100 valence electrons. The second-order valence-electron chi connectivity index (χ2n) is 4.01. The molecule has 0 fully saturated rings. The third-order valence-electron chi connectivity index (χ3n) is 2.26. The van der Waals surface area contributed by atoms with Crippen LogP contribution in [0, 0.1) is 0 Å². The normalized spacial score (nSPS) is 13.0. The average molecular weight is 272 g/mol. The Balaban J connectivity index is 2.90. The maximum Gasteiger partial charge on any atom is 0.238 e. The molecule has 0 aliphatic carbocycles. The van der Waals surface area contributed by atoms with Gasteiger partial charge in [-0.05, 0) is 25.1 Å². The zero-order chi connectivity index (χ0) is 13.9. The van der Waals surface area contributed by atoms with E-state index in [1.165, 1.54) is 18.2 Å². The zero-order valence-corrected chi connectivity index (χ0v) is 10.7. The van der Waals surface area contributed by atoms with Gasteiger partial charge in [-0.2, -0.15) is 0 Å². The minimum Gasteiger partial charge on any atom is -0.397 e. The van der Waals surface area contributed by atoms with Crippen molar-refractivity contribution in [2.75, 3.05) is 11.1 Å². The summed E-state index contributed by atoms with van der Waals surface area (Å²) in [5.41, 5.74) is 11.5. The number of nitrogens with two attached hydrogens (primary N) is 3. The van der Waals surface area contributed by atoms with Gasteiger partial charge in [-0.3, -0.25) is 4.79 Å². The molecule has 0 heterocycles. The molecule has 0 bridgehead atoms. The first kappa shape index (κ1) is 14.3. The van der Waals surface area contributed by atoms with Gasteiger partial charge < -0.3 is 16.8 Å². The van der Waals surface area contributed by atoms with Crippen LogP contribution in [-0.2, 0) is 14.8 Å². The fraction of sp³-hybridized carbons (Fsp3) is 0.300. The number of benzene rings is 1. The largest absolute Gasteiger partial charge is 0.397 e. The molecule has 18 heavy (non-hydrogen) atoms. The number of hydrogen-bond donors (Lipinski definition) is 4. The molecule has 8 heteroatoms. The molecule has 0 aliphatic heterocycles. The van der Waals surface area contributed by atoms with Crippen molar-refractivity contribution in [1.82, 2.24) is 0 Å². The molecular weight excluding hydrogens is 256 g/mol. The number of anilines is 2. The van der Waals surface area contributed by atoms with Gasteiger partial charge in [0.15, 0.2) is 0 Å². The van der Waals surface area contributed by atoms with Crippen molar-refractivity contribution < 1.29 is 13.2 Å². The van der Waals surface area contributed by atoms with E-state index in [9.17, 15) is 13.2 Å². The van der Waals surface area contributed by atoms with Crippen LogP contribution in [0.1, 0.15) is 13.3 Å². The van der Waals surface area contributed by atoms with E-state index in [1.807, 2.05) is 0 Å². The van der Waals surface area contributed by atoms with Crippen LogP contribution < -0.4 is 21.9 Å². The topological polar surface area (TPSA) is 141 Å². The first-order valence-electron chi connectivity index (χ1n) is 5.17. The Kier molecular flexibility index (Phi) is 4.15. The number of carbonyl (C=O) groups is 1. The van der Waals surface area contributed by atoms with Crippen molar-refractivity contribution in [3.8, 4) is 0 Å². The lowest BCUT2D eigenvalue weighted by Crippen LogP contribution is -2.24. The van der Waals surface area contributed by atoms with E-state index in [4.69, 9.17) is 16.6 Å². The summed E-state index contributed by atoms with van der Waals surface area (Å²) in [5, 5.41) is 7.94. The van der Waals surface area contributed by atoms with Gasteiger partial charge >= 0.3 is 0 Å². The summed E-state index contributed by atoms with van der Waals surface area (Å²) in [6.07, 6.45) is 0.149. The number of nitrogens with one attached hydrogen (secondary N) is 1. The van der Waals surface area contributed by atoms with Crippen molar-refractivity contribution >= 4 is 27.3 Å². The number of amides is 1. The summed E-state index contributed by atoms with van der Waals surface area (Å²) in [5.74, 6) is -0.435. The number of carbonyl (C=O) groups excluding carboxylic acids is 1. The maximum atomic E-state index is 11.1. The first-order valence-corrected chi connectivity index (χ1v) is 6.72. The number of hydrogen-bond acceptors (Lipinski definition) is 5. The number of nitrogen functional groups attached to an aromatic ring is 1. The van der Waals surface area contributed by atoms with Gasteiger partial charge in [0.1, 0.15) is 0 Å². The predicted octanol–water partition coefficient (Wildman–Crippen LogP) is -0.408. The van der Waals surface area contributed by atoms with Gasteiger partial charge in [0.25, 0.3) is 0 Å². The van der Waals surface area contributed by atoms with Crippen LogP contribution in [-0.4, -0.2) is 20.4 Å². The second-order valence-corrected chi connectivity index (χ2v) is 5.57. The molecule has 1 rings (SSSR count). The van der Waals surface area contributed by atoms with Crippen molar-refractivity contribution in [3.05, 3.63) is 18.2 Å². The fourth-order valence-electron chi connectivity index (χ4n) is 1.47. The van der Waals surface area contributed by atoms with Gasteiger partial charge in [0, 0.05) is 12.5 Å². The molecule has 1 aromatic rings. The van der Waals surface area contributed by atoms with Crippen LogP contribution in [0.15, 0.2) is 23.1 Å². The lowest BCUT2D eigenvalue weighted by molar-refractivity contribution is -0.118. The van der Waals surface area contributed by atoms with Crippen LogP contribution in [0.3, 0.4) is 0 Å². The van der Waals surface area contributed by atoms with Crippen LogP contribution >= 0.6 is 0 Å². The molecule has 0 radical (unpaired) electrons. The molecular formula is C10H16N4O3S. The van der Waals surface area contributed by atoms with E-state index < -0.39 is 15.9 Å². The SMILES string of the molecule is CC(CC(N)=O)Nc1ccc(S(N)(=O)=O)cc1N. The molecule has 1 amide bonds. The number of rotatable bonds is 5. The summed E-state index contributed by atoms with van der Waals surface area (Å²) in [7, 11) is -3.77. The maximum absolute atomic E-state index is 11.1. The Morgan fingerprint density at radius 2 is 2.06 bits per heavy atom. The molecule has 0 spiro atoms. The van der Waals surface area contributed by atoms with Crippen LogP contribution in [0.4, 0.5) is 11.4 Å². The van der Waals surface area contributed by atoms with Crippen molar-refractivity contribution in [1.29, 1.82) is 0 Å². The number of primary sulfonamides is 1. The van der Waals surface area contributed by atoms with E-state index >= 15 is 0 Å². The third-order valence-corrected chi connectivity index (χ3v) is 3.17. The summed E-state index contributed by atoms with van der Waals surface area (Å²) in [6, 6.07) is 3.89. The summed E-state index contributed by atoms with van der Waals surface area (Å²) in [6.45, 7) is 1.76. The quantitative estimate of drug-likeness (QED) is 0.539. The van der Waals surface area contributed by atoms with Gasteiger partial charge in [-0.15, -0.1) is 0 Å². The molecule has 0 aliphatic rings. The highest BCUT2D eigenvalue weighted by molar-refractivity contribution is 7.89. The summed E-state index contributed by atoms with van der Waals surface area (Å²) < 4.78 is 22.2. The van der Waals surface area contributed by atoms with Crippen molar-refractivity contribution in [2.24, 2.45) is 10.9 Å². The monoisotopic (exact) mass is 272 g/mol. The predicted molar refractivity (Wildman–Crippen MR) is 69.1 cm³/mol. The molecule has 7 N–H and O–H groups in total. The van der Waals surface area contributed by atoms with Gasteiger partial charge in [-0.1, -0.05) is 0 Å². The number of sulfonamides is 1. The average Bonchev–Trinajstić information content (AvgIpc) is 2.18. The van der Waals surface area contributed by atoms with Gasteiger partial charge in [0.05, 0.1) is 16.3 Å². The second kappa shape index (κ2) is 5.23. The molecule has 0 saturated heterocycles. The van der Waals surface area contributed by atoms with Gasteiger partial charge in [-0.25, -0.2) is 13.6 Å². The van der Waals surface area contributed by atoms with E-state index in [0.717, 1.165) is 0 Å². The molecule has 0 aromatic heterocycles. The van der Waals surface area contributed by atoms with E-state index in [-0.39, 0.29) is 23.0 Å². The van der Waals surface area contributed by atoms with Gasteiger partial charge in [0.2, 0.25) is 15.9 Å². The van der Waals surface area contributed by atoms with Crippen LogP contribution in [0.25, 0.3) is 0 Å². The molecule has 1 unspecified atom stereocenters. The summed E-state index contributed by atoms with van der Waals surface area (Å²) >= 11 is 0. The summed E-state index contributed by atoms with van der Waals surface area (Å²) in [4.78, 5) is 10.7. The van der Waals surface area contributed by atoms with E-state index in [1.54, 1.807) is 6.92 Å². The smallest absolute Gasteiger partial charge is 0.238 e. The van der Waals surface area contributed by atoms with Crippen LogP contribution in [0.2, 0.25) is 0 Å². The fourth-order valence-corrected chi connectivity index (χ4v) is 2.02. The van der Waals surface area contributed by atoms with E-state index in [2.05, 4.69) is 5.32 Å². The Labute approximate surface area is 105 Å². The van der Waals surface area contributed by atoms with E-state index in [0.29, 0.717) is 5.69 Å². The Hall–Kier alpha value is -1.80. The molecule has 1 aromatic carbocycles. The lowest BCUT2D eigenvalue weighted by atomic mass is 10.2. The standard InChI is InChI=1S/C10H16N4O3S/c1-6(4-10(12)15)14-9-3-2-7(5-8(9)11)18(13,16)17/h2-3,5-6,14H,4,11H2,1H3,(H2,12,15)(H2,13,16,17). The van der Waals surface area contributed by atoms with Crippen molar-refractivity contribution in [2.45, 2.75) is 24.3 Å². The highest BCUT2D eigenvalue weighted by Crippen LogP contribution is 2.22. The minimum absolute atomic E-state index is 0.0619. The highest BCUT2D eigenvalue weighted by Gasteiger charge is 2.12. The zero-order valence-electron chi connectivity index (χ0n) is 9.88. The molecule has 0 saturated carbocycles. The Morgan fingerprint density at radius 1 is 1.44 bits per heavy atom. The Bertz CT molecular complexity index is 556. The highest BCUT2D eigenvalue weighted by atomic mass is 32.2. The molecule has 7 nitrogen and oxygen atoms in total. The van der Waals surface area contributed by atoms with Crippen LogP contribution in [0.5, 0.6) is 0 Å². The van der Waals surface area contributed by atoms with Crippen molar-refractivity contribution in [3.63, 3.8) is 0 Å². The minimum atomic E-state index is -3.77. The number of primary amides is 1.